The first-order chi connectivity index (χ1) is 13.4. The Balaban J connectivity index is 1.62. The molecular formula is C21H22Cl2N2O3. The standard InChI is InChI=1S/C21H22Cl2N2O3/c1-13-3-4-16(23)12-18(13)24-20(26)14-7-9-25(10-8-14)21(27)17-11-15(22)5-6-19(17)28-2/h3-6,11-12,14H,7-10H2,1-2H3,(H,24,26). The van der Waals surface area contributed by atoms with Gasteiger partial charge in [0.05, 0.1) is 12.7 Å². The van der Waals surface area contributed by atoms with Crippen LogP contribution in [0.4, 0.5) is 5.69 Å². The Kier molecular flexibility index (Phi) is 6.47. The largest absolute Gasteiger partial charge is 0.496 e. The van der Waals surface area contributed by atoms with Gasteiger partial charge in [-0.15, -0.1) is 0 Å². The third-order valence-corrected chi connectivity index (χ3v) is 5.47. The highest BCUT2D eigenvalue weighted by atomic mass is 35.5. The smallest absolute Gasteiger partial charge is 0.257 e. The average molecular weight is 421 g/mol. The number of methoxy groups -OCH3 is 1. The second-order valence-corrected chi connectivity index (χ2v) is 7.73. The lowest BCUT2D eigenvalue weighted by Crippen LogP contribution is -2.41. The quantitative estimate of drug-likeness (QED) is 0.772. The lowest BCUT2D eigenvalue weighted by molar-refractivity contribution is -0.121. The van der Waals surface area contributed by atoms with Crippen LogP contribution in [0.3, 0.4) is 0 Å². The summed E-state index contributed by atoms with van der Waals surface area (Å²) in [4.78, 5) is 27.2. The number of carbonyl (C=O) groups excluding carboxylic acids is 2. The first-order valence-corrected chi connectivity index (χ1v) is 9.84. The van der Waals surface area contributed by atoms with Crippen LogP contribution < -0.4 is 10.1 Å². The number of nitrogens with one attached hydrogen (secondary N) is 1. The minimum absolute atomic E-state index is 0.0437. The van der Waals surface area contributed by atoms with Gasteiger partial charge in [0.25, 0.3) is 5.91 Å². The van der Waals surface area contributed by atoms with E-state index in [-0.39, 0.29) is 17.7 Å². The van der Waals surface area contributed by atoms with Gasteiger partial charge in [-0.1, -0.05) is 29.3 Å². The lowest BCUT2D eigenvalue weighted by Gasteiger charge is -2.31. The first-order valence-electron chi connectivity index (χ1n) is 9.09. The Morgan fingerprint density at radius 3 is 2.39 bits per heavy atom. The van der Waals surface area contributed by atoms with Crippen LogP contribution >= 0.6 is 23.2 Å². The molecule has 1 aliphatic rings. The van der Waals surface area contributed by atoms with Crippen molar-refractivity contribution < 1.29 is 14.3 Å². The van der Waals surface area contributed by atoms with Crippen molar-refractivity contribution >= 4 is 40.7 Å². The summed E-state index contributed by atoms with van der Waals surface area (Å²) >= 11 is 12.1. The van der Waals surface area contributed by atoms with E-state index < -0.39 is 0 Å². The van der Waals surface area contributed by atoms with Crippen LogP contribution in [0, 0.1) is 12.8 Å². The molecule has 0 atom stereocenters. The maximum atomic E-state index is 12.9. The molecule has 0 aromatic heterocycles. The van der Waals surface area contributed by atoms with Gasteiger partial charge in [-0.3, -0.25) is 9.59 Å². The Labute approximate surface area is 174 Å². The van der Waals surface area contributed by atoms with E-state index in [2.05, 4.69) is 5.32 Å². The van der Waals surface area contributed by atoms with Crippen molar-refractivity contribution in [2.75, 3.05) is 25.5 Å². The van der Waals surface area contributed by atoms with Crippen molar-refractivity contribution in [1.82, 2.24) is 4.90 Å². The molecule has 0 spiro atoms. The van der Waals surface area contributed by atoms with Crippen molar-refractivity contribution in [2.45, 2.75) is 19.8 Å². The van der Waals surface area contributed by atoms with E-state index in [9.17, 15) is 9.59 Å². The van der Waals surface area contributed by atoms with Crippen LogP contribution in [0.25, 0.3) is 0 Å². The highest BCUT2D eigenvalue weighted by Gasteiger charge is 2.29. The van der Waals surface area contributed by atoms with Gasteiger partial charge < -0.3 is 15.0 Å². The molecule has 0 saturated carbocycles. The topological polar surface area (TPSA) is 58.6 Å². The van der Waals surface area contributed by atoms with E-state index in [4.69, 9.17) is 27.9 Å². The number of amides is 2. The number of carbonyl (C=O) groups is 2. The summed E-state index contributed by atoms with van der Waals surface area (Å²) in [5.74, 6) is 0.163. The fraction of sp³-hybridized carbons (Fsp3) is 0.333. The number of rotatable bonds is 4. The number of benzene rings is 2. The van der Waals surface area contributed by atoms with E-state index in [0.717, 1.165) is 11.3 Å². The van der Waals surface area contributed by atoms with E-state index in [0.29, 0.717) is 47.3 Å². The maximum absolute atomic E-state index is 12.9. The van der Waals surface area contributed by atoms with Crippen molar-refractivity contribution in [2.24, 2.45) is 5.92 Å². The molecule has 148 valence electrons. The van der Waals surface area contributed by atoms with Gasteiger partial charge in [0, 0.05) is 34.7 Å². The molecule has 2 amide bonds. The molecule has 0 aliphatic carbocycles. The molecule has 5 nitrogen and oxygen atoms in total. The van der Waals surface area contributed by atoms with Gasteiger partial charge in [-0.05, 0) is 55.7 Å². The molecule has 2 aromatic carbocycles. The van der Waals surface area contributed by atoms with Gasteiger partial charge in [0.1, 0.15) is 5.75 Å². The Morgan fingerprint density at radius 2 is 1.71 bits per heavy atom. The molecule has 7 heteroatoms. The molecule has 0 radical (unpaired) electrons. The van der Waals surface area contributed by atoms with E-state index >= 15 is 0 Å². The number of nitrogens with zero attached hydrogens (tertiary/aromatic N) is 1. The molecule has 2 aromatic rings. The molecule has 0 unspecified atom stereocenters. The van der Waals surface area contributed by atoms with E-state index in [1.54, 1.807) is 35.2 Å². The highest BCUT2D eigenvalue weighted by molar-refractivity contribution is 6.31. The van der Waals surface area contributed by atoms with Crippen LogP contribution in [0.1, 0.15) is 28.8 Å². The van der Waals surface area contributed by atoms with Crippen molar-refractivity contribution in [1.29, 1.82) is 0 Å². The SMILES string of the molecule is COc1ccc(Cl)cc1C(=O)N1CCC(C(=O)Nc2cc(Cl)ccc2C)CC1. The Bertz CT molecular complexity index is 893. The molecule has 1 heterocycles. The number of piperidine rings is 1. The maximum Gasteiger partial charge on any atom is 0.257 e. The number of likely N-dealkylation sites (tertiary alicyclic amines) is 1. The normalized spacial score (nSPS) is 14.6. The van der Waals surface area contributed by atoms with Gasteiger partial charge in [-0.25, -0.2) is 0 Å². The van der Waals surface area contributed by atoms with Crippen molar-refractivity contribution in [3.8, 4) is 5.75 Å². The van der Waals surface area contributed by atoms with Crippen LogP contribution in [0.2, 0.25) is 10.0 Å². The van der Waals surface area contributed by atoms with Crippen LogP contribution in [-0.2, 0) is 4.79 Å². The minimum Gasteiger partial charge on any atom is -0.496 e. The van der Waals surface area contributed by atoms with Crippen molar-refractivity contribution in [3.05, 3.63) is 57.6 Å². The second kappa shape index (κ2) is 8.84. The summed E-state index contributed by atoms with van der Waals surface area (Å²) in [5, 5.41) is 4.02. The van der Waals surface area contributed by atoms with E-state index in [1.807, 2.05) is 13.0 Å². The molecular weight excluding hydrogens is 399 g/mol. The minimum atomic E-state index is -0.149. The zero-order valence-electron chi connectivity index (χ0n) is 15.8. The summed E-state index contributed by atoms with van der Waals surface area (Å²) in [5.41, 5.74) is 2.12. The van der Waals surface area contributed by atoms with Gasteiger partial charge in [0.15, 0.2) is 0 Å². The average Bonchev–Trinajstić information content (AvgIpc) is 2.70. The monoisotopic (exact) mass is 420 g/mol. The Hall–Kier alpha value is -2.24. The van der Waals surface area contributed by atoms with Crippen LogP contribution in [0.15, 0.2) is 36.4 Å². The predicted octanol–water partition coefficient (Wildman–Crippen LogP) is 4.80. The molecule has 1 fully saturated rings. The third-order valence-electron chi connectivity index (χ3n) is 5.00. The summed E-state index contributed by atoms with van der Waals surface area (Å²) in [6.45, 7) is 2.92. The fourth-order valence-electron chi connectivity index (χ4n) is 3.33. The first kappa shape index (κ1) is 20.5. The number of ether oxygens (including phenoxy) is 1. The molecule has 1 saturated heterocycles. The summed E-state index contributed by atoms with van der Waals surface area (Å²) < 4.78 is 5.28. The van der Waals surface area contributed by atoms with Crippen LogP contribution in [-0.4, -0.2) is 36.9 Å². The molecule has 0 bridgehead atoms. The van der Waals surface area contributed by atoms with Gasteiger partial charge >= 0.3 is 0 Å². The number of aryl methyl sites for hydroxylation is 1. The molecule has 3 rings (SSSR count). The number of anilines is 1. The highest BCUT2D eigenvalue weighted by Crippen LogP contribution is 2.27. The molecule has 28 heavy (non-hydrogen) atoms. The zero-order chi connectivity index (χ0) is 20.3. The summed E-state index contributed by atoms with van der Waals surface area (Å²) in [6, 6.07) is 10.4. The third kappa shape index (κ3) is 4.59. The number of hydrogen-bond donors (Lipinski definition) is 1. The lowest BCUT2D eigenvalue weighted by atomic mass is 9.95. The number of halogens is 2. The second-order valence-electron chi connectivity index (χ2n) is 6.86. The predicted molar refractivity (Wildman–Crippen MR) is 111 cm³/mol. The van der Waals surface area contributed by atoms with Crippen molar-refractivity contribution in [3.63, 3.8) is 0 Å². The summed E-state index contributed by atoms with van der Waals surface area (Å²) in [7, 11) is 1.52. The molecule has 1 aliphatic heterocycles. The zero-order valence-corrected chi connectivity index (χ0v) is 17.3. The van der Waals surface area contributed by atoms with Gasteiger partial charge in [-0.2, -0.15) is 0 Å². The Morgan fingerprint density at radius 1 is 1.07 bits per heavy atom. The number of hydrogen-bond acceptors (Lipinski definition) is 3. The molecule has 1 N–H and O–H groups in total. The van der Waals surface area contributed by atoms with Gasteiger partial charge in [0.2, 0.25) is 5.91 Å². The summed E-state index contributed by atoms with van der Waals surface area (Å²) in [6.07, 6.45) is 1.19. The van der Waals surface area contributed by atoms with E-state index in [1.165, 1.54) is 7.11 Å². The fourth-order valence-corrected chi connectivity index (χ4v) is 3.67. The van der Waals surface area contributed by atoms with Crippen LogP contribution in [0.5, 0.6) is 5.75 Å².